The molecule has 0 saturated carbocycles. The third kappa shape index (κ3) is 3.91. The number of piperidine rings is 1. The van der Waals surface area contributed by atoms with E-state index in [-0.39, 0.29) is 29.9 Å². The molecule has 9 nitrogen and oxygen atoms in total. The third-order valence-corrected chi connectivity index (χ3v) is 6.56. The molecule has 0 aliphatic carbocycles. The highest BCUT2D eigenvalue weighted by atomic mass is 32.2. The Morgan fingerprint density at radius 2 is 1.89 bits per heavy atom. The molecule has 2 aliphatic rings. The summed E-state index contributed by atoms with van der Waals surface area (Å²) >= 11 is 0. The number of carbonyl (C=O) groups is 1. The minimum atomic E-state index is -4.03. The van der Waals surface area contributed by atoms with Crippen LogP contribution in [0.5, 0.6) is 0 Å². The van der Waals surface area contributed by atoms with Gasteiger partial charge in [-0.25, -0.2) is 13.2 Å². The molecule has 2 unspecified atom stereocenters. The van der Waals surface area contributed by atoms with Gasteiger partial charge in [-0.2, -0.15) is 4.31 Å². The van der Waals surface area contributed by atoms with Crippen LogP contribution in [0.15, 0.2) is 29.2 Å². The van der Waals surface area contributed by atoms with Gasteiger partial charge in [0.2, 0.25) is 10.0 Å². The van der Waals surface area contributed by atoms with Crippen molar-refractivity contribution >= 4 is 21.8 Å². The Labute approximate surface area is 158 Å². The van der Waals surface area contributed by atoms with Crippen LogP contribution in [0.4, 0.5) is 10.5 Å². The second-order valence-electron chi connectivity index (χ2n) is 7.94. The van der Waals surface area contributed by atoms with Crippen LogP contribution in [0.2, 0.25) is 0 Å². The summed E-state index contributed by atoms with van der Waals surface area (Å²) in [7, 11) is -4.03. The van der Waals surface area contributed by atoms with E-state index in [2.05, 4.69) is 0 Å². The molecule has 1 amide bonds. The number of hydrogen-bond donors (Lipinski definition) is 0. The Hall–Kier alpha value is -2.20. The van der Waals surface area contributed by atoms with E-state index in [1.54, 1.807) is 25.7 Å². The summed E-state index contributed by atoms with van der Waals surface area (Å²) in [5.41, 5.74) is -1.08. The minimum Gasteiger partial charge on any atom is -0.444 e. The molecular weight excluding hydrogens is 374 g/mol. The number of amides is 1. The highest BCUT2D eigenvalue weighted by Crippen LogP contribution is 2.35. The van der Waals surface area contributed by atoms with Crippen molar-refractivity contribution in [1.82, 2.24) is 9.21 Å². The fourth-order valence-corrected chi connectivity index (χ4v) is 5.33. The Morgan fingerprint density at radius 3 is 2.52 bits per heavy atom. The Kier molecular flexibility index (Phi) is 4.89. The van der Waals surface area contributed by atoms with Crippen LogP contribution < -0.4 is 0 Å². The number of likely N-dealkylation sites (tertiary alicyclic amines) is 1. The smallest absolute Gasteiger partial charge is 0.410 e. The summed E-state index contributed by atoms with van der Waals surface area (Å²) < 4.78 is 32.7. The van der Waals surface area contributed by atoms with E-state index in [1.807, 2.05) is 0 Å². The van der Waals surface area contributed by atoms with Gasteiger partial charge in [-0.3, -0.25) is 10.1 Å². The molecule has 2 fully saturated rings. The summed E-state index contributed by atoms with van der Waals surface area (Å²) in [6.07, 6.45) is 0.238. The number of para-hydroxylation sites is 1. The van der Waals surface area contributed by atoms with Gasteiger partial charge in [0.1, 0.15) is 5.60 Å². The highest BCUT2D eigenvalue weighted by molar-refractivity contribution is 7.89. The first-order valence-corrected chi connectivity index (χ1v) is 10.2. The standard InChI is InChI=1S/C17H23N3O6S/c1-17(2,3)26-16(21)19-10-12-8-13(19)11-18(9-12)27(24,25)15-7-5-4-6-14(15)20(22)23/h4-7,12-13H,8-11H2,1-3H3. The van der Waals surface area contributed by atoms with E-state index in [0.717, 1.165) is 0 Å². The number of carbonyl (C=O) groups excluding carboxylic acids is 1. The van der Waals surface area contributed by atoms with E-state index in [0.29, 0.717) is 13.0 Å². The fraction of sp³-hybridized carbons (Fsp3) is 0.588. The van der Waals surface area contributed by atoms with Crippen LogP contribution in [-0.4, -0.2) is 59.9 Å². The number of rotatable bonds is 3. The molecule has 0 aromatic heterocycles. The van der Waals surface area contributed by atoms with E-state index in [4.69, 9.17) is 4.74 Å². The van der Waals surface area contributed by atoms with Crippen LogP contribution in [0.1, 0.15) is 27.2 Å². The van der Waals surface area contributed by atoms with Crippen molar-refractivity contribution in [3.63, 3.8) is 0 Å². The lowest BCUT2D eigenvalue weighted by Crippen LogP contribution is -2.47. The second kappa shape index (κ2) is 6.75. The molecule has 0 N–H and O–H groups in total. The summed E-state index contributed by atoms with van der Waals surface area (Å²) in [6.45, 7) is 6.08. The number of nitro benzene ring substituents is 1. The molecule has 2 bridgehead atoms. The molecule has 148 valence electrons. The van der Waals surface area contributed by atoms with Crippen molar-refractivity contribution in [2.75, 3.05) is 19.6 Å². The zero-order valence-corrected chi connectivity index (χ0v) is 16.3. The molecule has 2 heterocycles. The summed E-state index contributed by atoms with van der Waals surface area (Å²) in [4.78, 5) is 24.2. The maximum absolute atomic E-state index is 13.0. The average molecular weight is 397 g/mol. The van der Waals surface area contributed by atoms with E-state index in [9.17, 15) is 23.3 Å². The predicted molar refractivity (Wildman–Crippen MR) is 96.7 cm³/mol. The summed E-state index contributed by atoms with van der Waals surface area (Å²) in [6, 6.07) is 5.02. The average Bonchev–Trinajstić information content (AvgIpc) is 2.87. The van der Waals surface area contributed by atoms with Gasteiger partial charge in [0.25, 0.3) is 5.69 Å². The fourth-order valence-electron chi connectivity index (χ4n) is 3.62. The van der Waals surface area contributed by atoms with Crippen molar-refractivity contribution in [2.24, 2.45) is 5.92 Å². The van der Waals surface area contributed by atoms with E-state index in [1.165, 1.54) is 28.6 Å². The molecule has 0 radical (unpaired) electrons. The molecule has 2 saturated heterocycles. The Balaban J connectivity index is 1.83. The maximum Gasteiger partial charge on any atom is 0.410 e. The van der Waals surface area contributed by atoms with Crippen LogP contribution in [0.25, 0.3) is 0 Å². The van der Waals surface area contributed by atoms with Crippen LogP contribution in [0, 0.1) is 16.0 Å². The van der Waals surface area contributed by atoms with E-state index < -0.39 is 32.3 Å². The van der Waals surface area contributed by atoms with Gasteiger partial charge in [0, 0.05) is 31.7 Å². The molecular formula is C17H23N3O6S. The molecule has 1 aromatic rings. The first-order valence-electron chi connectivity index (χ1n) is 8.72. The van der Waals surface area contributed by atoms with Gasteiger partial charge < -0.3 is 9.64 Å². The van der Waals surface area contributed by atoms with Crippen molar-refractivity contribution in [3.8, 4) is 0 Å². The minimum absolute atomic E-state index is 0.0196. The van der Waals surface area contributed by atoms with Gasteiger partial charge >= 0.3 is 6.09 Å². The van der Waals surface area contributed by atoms with E-state index >= 15 is 0 Å². The van der Waals surface area contributed by atoms with Gasteiger partial charge in [0.05, 0.1) is 4.92 Å². The normalized spacial score (nSPS) is 23.3. The number of nitro groups is 1. The number of benzene rings is 1. The number of ether oxygens (including phenoxy) is 1. The highest BCUT2D eigenvalue weighted by Gasteiger charge is 2.46. The van der Waals surface area contributed by atoms with Gasteiger partial charge in [-0.1, -0.05) is 12.1 Å². The van der Waals surface area contributed by atoms with Crippen molar-refractivity contribution in [3.05, 3.63) is 34.4 Å². The topological polar surface area (TPSA) is 110 Å². The third-order valence-electron chi connectivity index (χ3n) is 4.69. The zero-order valence-electron chi connectivity index (χ0n) is 15.5. The Bertz CT molecular complexity index is 864. The predicted octanol–water partition coefficient (Wildman–Crippen LogP) is 2.22. The number of fused-ring (bicyclic) bond motifs is 2. The molecule has 0 spiro atoms. The van der Waals surface area contributed by atoms with Crippen molar-refractivity contribution < 1.29 is 22.9 Å². The monoisotopic (exact) mass is 397 g/mol. The lowest BCUT2D eigenvalue weighted by atomic mass is 10.0. The van der Waals surface area contributed by atoms with Crippen molar-refractivity contribution in [2.45, 2.75) is 43.7 Å². The van der Waals surface area contributed by atoms with Gasteiger partial charge in [0.15, 0.2) is 4.90 Å². The molecule has 2 aliphatic heterocycles. The first-order chi connectivity index (χ1) is 12.5. The molecule has 2 atom stereocenters. The first kappa shape index (κ1) is 19.6. The number of hydrogen-bond acceptors (Lipinski definition) is 6. The van der Waals surface area contributed by atoms with Crippen LogP contribution >= 0.6 is 0 Å². The zero-order chi connectivity index (χ0) is 20.0. The molecule has 10 heteroatoms. The van der Waals surface area contributed by atoms with Crippen molar-refractivity contribution in [1.29, 1.82) is 0 Å². The number of sulfonamides is 1. The second-order valence-corrected chi connectivity index (χ2v) is 9.84. The lowest BCUT2D eigenvalue weighted by molar-refractivity contribution is -0.387. The molecule has 27 heavy (non-hydrogen) atoms. The lowest BCUT2D eigenvalue weighted by Gasteiger charge is -2.32. The quantitative estimate of drug-likeness (QED) is 0.571. The SMILES string of the molecule is CC(C)(C)OC(=O)N1CC2CC1CN(S(=O)(=O)c1ccccc1[N+](=O)[O-])C2. The summed E-state index contributed by atoms with van der Waals surface area (Å²) in [5.74, 6) is -0.0196. The summed E-state index contributed by atoms with van der Waals surface area (Å²) in [5, 5.41) is 11.2. The largest absolute Gasteiger partial charge is 0.444 e. The van der Waals surface area contributed by atoms with Gasteiger partial charge in [-0.15, -0.1) is 0 Å². The Morgan fingerprint density at radius 1 is 1.22 bits per heavy atom. The molecule has 3 rings (SSSR count). The number of nitrogens with zero attached hydrogens (tertiary/aromatic N) is 3. The van der Waals surface area contributed by atoms with Crippen LogP contribution in [0.3, 0.4) is 0 Å². The van der Waals surface area contributed by atoms with Gasteiger partial charge in [-0.05, 0) is 39.2 Å². The molecule has 1 aromatic carbocycles. The maximum atomic E-state index is 13.0. The van der Waals surface area contributed by atoms with Crippen LogP contribution in [-0.2, 0) is 14.8 Å².